The number of aliphatic hydroxyl groups excluding tert-OH is 1. The molecule has 0 saturated carbocycles. The van der Waals surface area contributed by atoms with Crippen molar-refractivity contribution in [2.75, 3.05) is 13.1 Å². The fraction of sp³-hybridized carbons (Fsp3) is 0.692. The Labute approximate surface area is 113 Å². The Balaban J connectivity index is 2.03. The van der Waals surface area contributed by atoms with E-state index in [2.05, 4.69) is 5.10 Å². The van der Waals surface area contributed by atoms with Gasteiger partial charge in [0, 0.05) is 25.7 Å². The van der Waals surface area contributed by atoms with Crippen LogP contribution >= 0.6 is 0 Å². The van der Waals surface area contributed by atoms with E-state index >= 15 is 0 Å². The molecule has 1 aromatic rings. The van der Waals surface area contributed by atoms with E-state index in [1.54, 1.807) is 4.68 Å². The first-order valence-electron chi connectivity index (χ1n) is 6.42. The number of ether oxygens (including phenoxy) is 1. The van der Waals surface area contributed by atoms with Crippen molar-refractivity contribution >= 4 is 6.09 Å². The molecule has 1 aromatic heterocycles. The number of nitrogens with zero attached hydrogens (tertiary/aromatic N) is 3. The molecular formula is C13H21N3O3. The first-order chi connectivity index (χ1) is 8.76. The summed E-state index contributed by atoms with van der Waals surface area (Å²) < 4.78 is 7.00. The molecule has 0 radical (unpaired) electrons. The Morgan fingerprint density at radius 1 is 1.47 bits per heavy atom. The van der Waals surface area contributed by atoms with Crippen LogP contribution in [0.2, 0.25) is 0 Å². The topological polar surface area (TPSA) is 67.6 Å². The second-order valence-corrected chi connectivity index (χ2v) is 5.97. The van der Waals surface area contributed by atoms with Gasteiger partial charge in [-0.25, -0.2) is 4.79 Å². The molecule has 19 heavy (non-hydrogen) atoms. The Morgan fingerprint density at radius 2 is 2.16 bits per heavy atom. The highest BCUT2D eigenvalue weighted by Crippen LogP contribution is 2.27. The molecule has 2 atom stereocenters. The molecule has 0 bridgehead atoms. The predicted octanol–water partition coefficient (Wildman–Crippen LogP) is 1.12. The zero-order valence-electron chi connectivity index (χ0n) is 11.8. The molecule has 1 saturated heterocycles. The van der Waals surface area contributed by atoms with Crippen molar-refractivity contribution in [2.24, 2.45) is 7.05 Å². The molecule has 1 amide bonds. The van der Waals surface area contributed by atoms with Crippen LogP contribution in [0.5, 0.6) is 0 Å². The maximum atomic E-state index is 12.0. The average molecular weight is 267 g/mol. The maximum Gasteiger partial charge on any atom is 0.410 e. The number of rotatable bonds is 1. The first-order valence-corrected chi connectivity index (χ1v) is 6.42. The minimum Gasteiger partial charge on any atom is -0.444 e. The average Bonchev–Trinajstić information content (AvgIpc) is 2.82. The molecule has 6 nitrogen and oxygen atoms in total. The van der Waals surface area contributed by atoms with Gasteiger partial charge in [0.25, 0.3) is 0 Å². The van der Waals surface area contributed by atoms with E-state index in [9.17, 15) is 9.90 Å². The number of carbonyl (C=O) groups excluding carboxylic acids is 1. The fourth-order valence-electron chi connectivity index (χ4n) is 2.18. The molecule has 1 aliphatic rings. The molecule has 0 unspecified atom stereocenters. The Hall–Kier alpha value is -1.56. The van der Waals surface area contributed by atoms with Gasteiger partial charge in [-0.2, -0.15) is 5.10 Å². The molecule has 106 valence electrons. The van der Waals surface area contributed by atoms with Gasteiger partial charge in [-0.05, 0) is 26.8 Å². The summed E-state index contributed by atoms with van der Waals surface area (Å²) in [6.07, 6.45) is 0.852. The summed E-state index contributed by atoms with van der Waals surface area (Å²) in [5, 5.41) is 14.4. The zero-order valence-corrected chi connectivity index (χ0v) is 11.8. The number of aromatic nitrogens is 2. The second-order valence-electron chi connectivity index (χ2n) is 5.97. The summed E-state index contributed by atoms with van der Waals surface area (Å²) in [5.74, 6) is -0.145. The molecule has 2 heterocycles. The zero-order chi connectivity index (χ0) is 14.2. The summed E-state index contributed by atoms with van der Waals surface area (Å²) >= 11 is 0. The molecule has 1 N–H and O–H groups in total. The molecule has 6 heteroatoms. The Morgan fingerprint density at radius 3 is 2.68 bits per heavy atom. The van der Waals surface area contributed by atoms with Gasteiger partial charge in [0.05, 0.1) is 18.3 Å². The molecule has 2 rings (SSSR count). The SMILES string of the molecule is Cn1ccc([C@@H]2CN(C(=O)OC(C)(C)C)C[C@H]2O)n1. The van der Waals surface area contributed by atoms with Crippen molar-refractivity contribution in [3.63, 3.8) is 0 Å². The summed E-state index contributed by atoms with van der Waals surface area (Å²) in [6, 6.07) is 1.87. The van der Waals surface area contributed by atoms with Gasteiger partial charge in [-0.15, -0.1) is 0 Å². The van der Waals surface area contributed by atoms with Gasteiger partial charge in [0.15, 0.2) is 0 Å². The van der Waals surface area contributed by atoms with Crippen molar-refractivity contribution in [1.29, 1.82) is 0 Å². The smallest absolute Gasteiger partial charge is 0.410 e. The summed E-state index contributed by atoms with van der Waals surface area (Å²) in [5.41, 5.74) is 0.284. The largest absolute Gasteiger partial charge is 0.444 e. The van der Waals surface area contributed by atoms with E-state index < -0.39 is 11.7 Å². The summed E-state index contributed by atoms with van der Waals surface area (Å²) in [6.45, 7) is 6.21. The number of amides is 1. The number of β-amino-alcohol motifs (C(OH)–C–C–N with tert-alkyl or cyclic N) is 1. The second kappa shape index (κ2) is 4.85. The van der Waals surface area contributed by atoms with Gasteiger partial charge in [0.2, 0.25) is 0 Å². The van der Waals surface area contributed by atoms with E-state index in [0.717, 1.165) is 5.69 Å². The van der Waals surface area contributed by atoms with Crippen molar-refractivity contribution < 1.29 is 14.6 Å². The quantitative estimate of drug-likeness (QED) is 0.828. The lowest BCUT2D eigenvalue weighted by Gasteiger charge is -2.24. The normalized spacial score (nSPS) is 23.7. The monoisotopic (exact) mass is 267 g/mol. The summed E-state index contributed by atoms with van der Waals surface area (Å²) in [4.78, 5) is 13.5. The maximum absolute atomic E-state index is 12.0. The standard InChI is InChI=1S/C13H21N3O3/c1-13(2,3)19-12(18)16-7-9(11(17)8-16)10-5-6-15(4)14-10/h5-6,9,11,17H,7-8H2,1-4H3/t9-,11+/m0/s1. The van der Waals surface area contributed by atoms with Crippen LogP contribution in [0.1, 0.15) is 32.4 Å². The Bertz CT molecular complexity index is 464. The molecule has 1 fully saturated rings. The lowest BCUT2D eigenvalue weighted by molar-refractivity contribution is 0.0270. The van der Waals surface area contributed by atoms with Crippen LogP contribution in [0.15, 0.2) is 12.3 Å². The molecular weight excluding hydrogens is 246 g/mol. The molecule has 0 spiro atoms. The highest BCUT2D eigenvalue weighted by Gasteiger charge is 2.37. The number of hydrogen-bond acceptors (Lipinski definition) is 4. The van der Waals surface area contributed by atoms with Gasteiger partial charge in [-0.1, -0.05) is 0 Å². The van der Waals surface area contributed by atoms with Gasteiger partial charge >= 0.3 is 6.09 Å². The lowest BCUT2D eigenvalue weighted by atomic mass is 10.0. The highest BCUT2D eigenvalue weighted by atomic mass is 16.6. The third kappa shape index (κ3) is 3.26. The number of aliphatic hydroxyl groups is 1. The number of aryl methyl sites for hydroxylation is 1. The minimum absolute atomic E-state index is 0.145. The van der Waals surface area contributed by atoms with Gasteiger partial charge in [-0.3, -0.25) is 4.68 Å². The van der Waals surface area contributed by atoms with Crippen LogP contribution in [0, 0.1) is 0 Å². The van der Waals surface area contributed by atoms with Crippen molar-refractivity contribution in [3.8, 4) is 0 Å². The third-order valence-electron chi connectivity index (χ3n) is 3.05. The third-order valence-corrected chi connectivity index (χ3v) is 3.05. The molecule has 0 aromatic carbocycles. The van der Waals surface area contributed by atoms with Gasteiger partial charge < -0.3 is 14.7 Å². The molecule has 0 aliphatic carbocycles. The van der Waals surface area contributed by atoms with E-state index in [0.29, 0.717) is 6.54 Å². The summed E-state index contributed by atoms with van der Waals surface area (Å²) in [7, 11) is 1.83. The van der Waals surface area contributed by atoms with Crippen LogP contribution in [0.3, 0.4) is 0 Å². The number of carbonyl (C=O) groups is 1. The van der Waals surface area contributed by atoms with Crippen molar-refractivity contribution in [1.82, 2.24) is 14.7 Å². The van der Waals surface area contributed by atoms with Crippen LogP contribution < -0.4 is 0 Å². The van der Waals surface area contributed by atoms with Crippen molar-refractivity contribution in [3.05, 3.63) is 18.0 Å². The Kier molecular flexibility index (Phi) is 3.54. The predicted molar refractivity (Wildman–Crippen MR) is 69.8 cm³/mol. The van der Waals surface area contributed by atoms with Crippen LogP contribution in [-0.4, -0.2) is 50.7 Å². The van der Waals surface area contributed by atoms with Crippen molar-refractivity contribution in [2.45, 2.75) is 38.4 Å². The van der Waals surface area contributed by atoms with E-state index in [1.165, 1.54) is 4.90 Å². The minimum atomic E-state index is -0.595. The fourth-order valence-corrected chi connectivity index (χ4v) is 2.18. The van der Waals surface area contributed by atoms with Crippen LogP contribution in [0.25, 0.3) is 0 Å². The van der Waals surface area contributed by atoms with E-state index in [-0.39, 0.29) is 18.6 Å². The van der Waals surface area contributed by atoms with Crippen LogP contribution in [-0.2, 0) is 11.8 Å². The molecule has 1 aliphatic heterocycles. The number of hydrogen-bond donors (Lipinski definition) is 1. The van der Waals surface area contributed by atoms with E-state index in [1.807, 2.05) is 40.1 Å². The van der Waals surface area contributed by atoms with Crippen LogP contribution in [0.4, 0.5) is 4.79 Å². The number of likely N-dealkylation sites (tertiary alicyclic amines) is 1. The lowest BCUT2D eigenvalue weighted by Crippen LogP contribution is -2.35. The first kappa shape index (κ1) is 13.9. The highest BCUT2D eigenvalue weighted by molar-refractivity contribution is 5.68. The van der Waals surface area contributed by atoms with Gasteiger partial charge in [0.1, 0.15) is 5.60 Å². The van der Waals surface area contributed by atoms with E-state index in [4.69, 9.17) is 4.74 Å².